The van der Waals surface area contributed by atoms with E-state index in [1.807, 2.05) is 12.1 Å². The average molecular weight is 223 g/mol. The van der Waals surface area contributed by atoms with Gasteiger partial charge in [0.05, 0.1) is 6.61 Å². The van der Waals surface area contributed by atoms with E-state index >= 15 is 0 Å². The molecule has 2 rings (SSSR count). The first-order valence-electron chi connectivity index (χ1n) is 4.97. The van der Waals surface area contributed by atoms with Crippen molar-refractivity contribution in [1.82, 2.24) is 5.32 Å². The molecule has 0 fully saturated rings. The van der Waals surface area contributed by atoms with Crippen molar-refractivity contribution in [2.75, 3.05) is 6.61 Å². The molecule has 0 unspecified atom stereocenters. The third-order valence-electron chi connectivity index (χ3n) is 2.42. The van der Waals surface area contributed by atoms with Crippen LogP contribution in [0.1, 0.15) is 17.5 Å². The summed E-state index contributed by atoms with van der Waals surface area (Å²) in [5.41, 5.74) is 2.31. The maximum absolute atomic E-state index is 10.6. The number of fused-ring (bicyclic) bond motifs is 1. The Morgan fingerprint density at radius 1 is 1.53 bits per heavy atom. The van der Waals surface area contributed by atoms with Crippen LogP contribution in [0.4, 0.5) is 4.79 Å². The minimum Gasteiger partial charge on any atom is -0.493 e. The Hall–Kier alpha value is -1.16. The van der Waals surface area contributed by atoms with Crippen LogP contribution in [0.5, 0.6) is 5.75 Å². The third kappa shape index (κ3) is 2.65. The predicted molar refractivity (Wildman–Crippen MR) is 61.5 cm³/mol. The number of hydrogen-bond donors (Lipinski definition) is 2. The summed E-state index contributed by atoms with van der Waals surface area (Å²) in [4.78, 5) is 10.6. The molecule has 15 heavy (non-hydrogen) atoms. The Morgan fingerprint density at radius 3 is 3.20 bits per heavy atom. The van der Waals surface area contributed by atoms with Crippen molar-refractivity contribution in [3.63, 3.8) is 0 Å². The lowest BCUT2D eigenvalue weighted by Gasteiger charge is -2.17. The van der Waals surface area contributed by atoms with E-state index in [9.17, 15) is 4.79 Å². The van der Waals surface area contributed by atoms with Gasteiger partial charge in [-0.15, -0.1) is 0 Å². The van der Waals surface area contributed by atoms with Gasteiger partial charge in [-0.25, -0.2) is 0 Å². The monoisotopic (exact) mass is 223 g/mol. The Balaban J connectivity index is 2.10. The quantitative estimate of drug-likeness (QED) is 0.754. The molecule has 0 aliphatic carbocycles. The fourth-order valence-electron chi connectivity index (χ4n) is 1.70. The summed E-state index contributed by atoms with van der Waals surface area (Å²) in [6.45, 7) is 1.33. The van der Waals surface area contributed by atoms with E-state index < -0.39 is 0 Å². The molecule has 1 aliphatic rings. The Labute approximate surface area is 94.2 Å². The molecule has 1 N–H and O–H groups in total. The van der Waals surface area contributed by atoms with E-state index in [4.69, 9.17) is 4.74 Å². The largest absolute Gasteiger partial charge is 0.493 e. The molecular formula is C11H13NO2S. The number of amides is 1. The van der Waals surface area contributed by atoms with Gasteiger partial charge >= 0.3 is 0 Å². The smallest absolute Gasteiger partial charge is 0.276 e. The number of aryl methyl sites for hydroxylation is 1. The molecule has 0 aromatic heterocycles. The zero-order valence-corrected chi connectivity index (χ0v) is 9.22. The second kappa shape index (κ2) is 4.57. The number of ether oxygens (including phenoxy) is 1. The zero-order valence-electron chi connectivity index (χ0n) is 8.32. The summed E-state index contributed by atoms with van der Waals surface area (Å²) < 4.78 is 5.50. The summed E-state index contributed by atoms with van der Waals surface area (Å²) in [6, 6.07) is 6.01. The summed E-state index contributed by atoms with van der Waals surface area (Å²) in [6.07, 6.45) is 2.12. The summed E-state index contributed by atoms with van der Waals surface area (Å²) in [5, 5.41) is 2.35. The van der Waals surface area contributed by atoms with Crippen molar-refractivity contribution < 1.29 is 9.53 Å². The number of benzene rings is 1. The average Bonchev–Trinajstić information content (AvgIpc) is 2.26. The van der Waals surface area contributed by atoms with E-state index in [0.717, 1.165) is 30.8 Å². The molecule has 0 saturated heterocycles. The maximum atomic E-state index is 10.6. The summed E-state index contributed by atoms with van der Waals surface area (Å²) in [7, 11) is 0. The first kappa shape index (κ1) is 10.4. The molecule has 1 aromatic carbocycles. The number of thiol groups is 1. The van der Waals surface area contributed by atoms with Crippen LogP contribution in [0.2, 0.25) is 0 Å². The van der Waals surface area contributed by atoms with E-state index in [1.54, 1.807) is 0 Å². The molecule has 1 amide bonds. The van der Waals surface area contributed by atoms with Crippen LogP contribution in [-0.2, 0) is 13.0 Å². The second-order valence-corrected chi connectivity index (χ2v) is 3.96. The van der Waals surface area contributed by atoms with Gasteiger partial charge in [0.2, 0.25) is 0 Å². The highest BCUT2D eigenvalue weighted by Crippen LogP contribution is 2.25. The van der Waals surface area contributed by atoms with Gasteiger partial charge in [0.25, 0.3) is 5.24 Å². The number of hydrogen-bond acceptors (Lipinski definition) is 2. The minimum absolute atomic E-state index is 0.302. The topological polar surface area (TPSA) is 38.3 Å². The molecular weight excluding hydrogens is 210 g/mol. The fourth-order valence-corrected chi connectivity index (χ4v) is 1.78. The normalized spacial score (nSPS) is 13.9. The summed E-state index contributed by atoms with van der Waals surface area (Å²) in [5.74, 6) is 0.974. The Kier molecular flexibility index (Phi) is 3.16. The van der Waals surface area contributed by atoms with Crippen LogP contribution >= 0.6 is 12.6 Å². The number of carbonyl (C=O) groups excluding carboxylic acids is 1. The Bertz CT molecular complexity index is 379. The van der Waals surface area contributed by atoms with Crippen LogP contribution in [0.25, 0.3) is 0 Å². The van der Waals surface area contributed by atoms with Crippen molar-refractivity contribution in [3.05, 3.63) is 29.3 Å². The van der Waals surface area contributed by atoms with Crippen LogP contribution in [0.3, 0.4) is 0 Å². The Morgan fingerprint density at radius 2 is 2.40 bits per heavy atom. The van der Waals surface area contributed by atoms with Gasteiger partial charge in [-0.2, -0.15) is 0 Å². The van der Waals surface area contributed by atoms with Crippen molar-refractivity contribution in [1.29, 1.82) is 0 Å². The fraction of sp³-hybridized carbons (Fsp3) is 0.364. The molecule has 1 aromatic rings. The molecule has 0 radical (unpaired) electrons. The maximum Gasteiger partial charge on any atom is 0.276 e. The molecule has 1 heterocycles. The van der Waals surface area contributed by atoms with Gasteiger partial charge in [0.15, 0.2) is 0 Å². The highest BCUT2D eigenvalue weighted by molar-refractivity contribution is 7.96. The standard InChI is InChI=1S/C11H13NO2S/c13-11(15)12-7-8-3-4-10-9(6-8)2-1-5-14-10/h3-4,6H,1-2,5,7H2,(H2,12,13,15). The zero-order chi connectivity index (χ0) is 10.7. The highest BCUT2D eigenvalue weighted by atomic mass is 32.1. The molecule has 1 aliphatic heterocycles. The number of carbonyl (C=O) groups is 1. The van der Waals surface area contributed by atoms with Crippen LogP contribution in [-0.4, -0.2) is 11.8 Å². The van der Waals surface area contributed by atoms with Crippen molar-refractivity contribution in [2.45, 2.75) is 19.4 Å². The van der Waals surface area contributed by atoms with Crippen molar-refractivity contribution >= 4 is 17.9 Å². The molecule has 0 spiro atoms. The minimum atomic E-state index is -0.302. The highest BCUT2D eigenvalue weighted by Gasteiger charge is 2.10. The van der Waals surface area contributed by atoms with E-state index in [0.29, 0.717) is 6.54 Å². The van der Waals surface area contributed by atoms with Gasteiger partial charge in [0, 0.05) is 6.54 Å². The first-order valence-corrected chi connectivity index (χ1v) is 5.42. The SMILES string of the molecule is O=C(S)NCc1ccc2c(c1)CCCO2. The van der Waals surface area contributed by atoms with Crippen LogP contribution in [0, 0.1) is 0 Å². The second-order valence-electron chi connectivity index (χ2n) is 3.55. The predicted octanol–water partition coefficient (Wildman–Crippen LogP) is 2.15. The molecule has 3 nitrogen and oxygen atoms in total. The van der Waals surface area contributed by atoms with E-state index in [2.05, 4.69) is 24.0 Å². The van der Waals surface area contributed by atoms with Crippen molar-refractivity contribution in [2.24, 2.45) is 0 Å². The van der Waals surface area contributed by atoms with Crippen LogP contribution < -0.4 is 10.1 Å². The van der Waals surface area contributed by atoms with Gasteiger partial charge in [-0.3, -0.25) is 4.79 Å². The first-order chi connectivity index (χ1) is 7.25. The van der Waals surface area contributed by atoms with Gasteiger partial charge in [-0.05, 0) is 30.0 Å². The van der Waals surface area contributed by atoms with Crippen molar-refractivity contribution in [3.8, 4) is 5.75 Å². The number of rotatable bonds is 2. The number of nitrogens with one attached hydrogen (secondary N) is 1. The van der Waals surface area contributed by atoms with Gasteiger partial charge in [-0.1, -0.05) is 24.8 Å². The lowest BCUT2D eigenvalue weighted by Crippen LogP contribution is -2.16. The lowest BCUT2D eigenvalue weighted by atomic mass is 10.0. The molecule has 4 heteroatoms. The van der Waals surface area contributed by atoms with E-state index in [-0.39, 0.29) is 5.24 Å². The molecule has 0 atom stereocenters. The molecule has 0 bridgehead atoms. The third-order valence-corrected chi connectivity index (χ3v) is 2.57. The van der Waals surface area contributed by atoms with Crippen LogP contribution in [0.15, 0.2) is 18.2 Å². The van der Waals surface area contributed by atoms with E-state index in [1.165, 1.54) is 5.56 Å². The summed E-state index contributed by atoms with van der Waals surface area (Å²) >= 11 is 3.65. The molecule has 80 valence electrons. The molecule has 0 saturated carbocycles. The lowest BCUT2D eigenvalue weighted by molar-refractivity contribution is 0.260. The van der Waals surface area contributed by atoms with Gasteiger partial charge in [0.1, 0.15) is 5.75 Å². The van der Waals surface area contributed by atoms with Gasteiger partial charge < -0.3 is 10.1 Å².